The largest absolute Gasteiger partial charge is 0.460 e. The van der Waals surface area contributed by atoms with E-state index in [2.05, 4.69) is 32.6 Å². The van der Waals surface area contributed by atoms with Gasteiger partial charge in [-0.15, -0.1) is 0 Å². The van der Waals surface area contributed by atoms with Gasteiger partial charge in [0.15, 0.2) is 0 Å². The molecular weight excluding hydrogens is 330 g/mol. The molecule has 2 saturated heterocycles. The molecule has 26 heavy (non-hydrogen) atoms. The molecule has 5 nitrogen and oxygen atoms in total. The number of rotatable bonds is 7. The summed E-state index contributed by atoms with van der Waals surface area (Å²) in [6.45, 7) is 10.2. The van der Waals surface area contributed by atoms with Crippen LogP contribution < -0.4 is 0 Å². The van der Waals surface area contributed by atoms with Crippen LogP contribution in [0.25, 0.3) is 0 Å². The molecule has 5 heteroatoms. The fraction of sp³-hybridized carbons (Fsp3) is 0.667. The molecular formula is C21H31NO4. The van der Waals surface area contributed by atoms with Gasteiger partial charge in [-0.1, -0.05) is 45.9 Å². The number of hydrogen-bond donors (Lipinski definition) is 0. The molecule has 2 aliphatic heterocycles. The Hall–Kier alpha value is -1.43. The quantitative estimate of drug-likeness (QED) is 0.693. The van der Waals surface area contributed by atoms with Crippen LogP contribution in [0.4, 0.5) is 0 Å². The molecule has 2 aliphatic rings. The molecule has 0 radical (unpaired) electrons. The minimum Gasteiger partial charge on any atom is -0.460 e. The Bertz CT molecular complexity index is 579. The van der Waals surface area contributed by atoms with E-state index in [1.807, 2.05) is 18.2 Å². The standard InChI is InChI=1S/C21H31NO4/c1-15(2)10-18-22-19(11-16(3)4)25-13-21(22,12-24-18)14-26-20(23)17-8-6-5-7-9-17/h5-9,15-16,18-19H,10-14H2,1-4H3. The number of esters is 1. The fourth-order valence-electron chi connectivity index (χ4n) is 3.84. The zero-order valence-electron chi connectivity index (χ0n) is 16.3. The summed E-state index contributed by atoms with van der Waals surface area (Å²) in [5.74, 6) is 0.769. The highest BCUT2D eigenvalue weighted by molar-refractivity contribution is 5.89. The molecule has 0 aliphatic carbocycles. The first-order valence-corrected chi connectivity index (χ1v) is 9.65. The summed E-state index contributed by atoms with van der Waals surface area (Å²) in [6, 6.07) is 9.13. The highest BCUT2D eigenvalue weighted by Gasteiger charge is 2.56. The van der Waals surface area contributed by atoms with E-state index in [0.29, 0.717) is 37.2 Å². The maximum Gasteiger partial charge on any atom is 0.338 e. The Balaban J connectivity index is 1.72. The monoisotopic (exact) mass is 361 g/mol. The molecule has 2 fully saturated rings. The van der Waals surface area contributed by atoms with Gasteiger partial charge in [0, 0.05) is 0 Å². The van der Waals surface area contributed by atoms with Gasteiger partial charge in [0.1, 0.15) is 24.6 Å². The van der Waals surface area contributed by atoms with Gasteiger partial charge in [-0.05, 0) is 36.8 Å². The van der Waals surface area contributed by atoms with E-state index in [1.54, 1.807) is 12.1 Å². The number of nitrogens with zero attached hydrogens (tertiary/aromatic N) is 1. The Morgan fingerprint density at radius 1 is 1.08 bits per heavy atom. The maximum absolute atomic E-state index is 12.4. The first kappa shape index (κ1) is 19.3. The van der Waals surface area contributed by atoms with Crippen molar-refractivity contribution in [1.29, 1.82) is 0 Å². The molecule has 0 spiro atoms. The van der Waals surface area contributed by atoms with Crippen LogP contribution in [-0.2, 0) is 14.2 Å². The average molecular weight is 361 g/mol. The number of fused-ring (bicyclic) bond motifs is 1. The summed E-state index contributed by atoms with van der Waals surface area (Å²) in [6.07, 6.45) is 1.95. The molecule has 0 amide bonds. The van der Waals surface area contributed by atoms with Crippen LogP contribution >= 0.6 is 0 Å². The first-order valence-electron chi connectivity index (χ1n) is 9.65. The summed E-state index contributed by atoms with van der Waals surface area (Å²) >= 11 is 0. The molecule has 0 N–H and O–H groups in total. The SMILES string of the molecule is CC(C)CC1OCC2(COC(=O)c3ccccc3)COC(CC(C)C)N12. The zero-order valence-corrected chi connectivity index (χ0v) is 16.3. The van der Waals surface area contributed by atoms with E-state index in [1.165, 1.54) is 0 Å². The lowest BCUT2D eigenvalue weighted by Crippen LogP contribution is -2.52. The molecule has 2 heterocycles. The molecule has 3 rings (SSSR count). The molecule has 1 aromatic rings. The lowest BCUT2D eigenvalue weighted by Gasteiger charge is -2.34. The average Bonchev–Trinajstić information content (AvgIpc) is 3.12. The van der Waals surface area contributed by atoms with Gasteiger partial charge in [-0.2, -0.15) is 0 Å². The third-order valence-corrected chi connectivity index (χ3v) is 5.08. The number of hydrogen-bond acceptors (Lipinski definition) is 5. The van der Waals surface area contributed by atoms with E-state index in [9.17, 15) is 4.79 Å². The van der Waals surface area contributed by atoms with E-state index in [-0.39, 0.29) is 24.0 Å². The van der Waals surface area contributed by atoms with Crippen molar-refractivity contribution in [1.82, 2.24) is 4.90 Å². The lowest BCUT2D eigenvalue weighted by molar-refractivity contribution is -0.0739. The minimum absolute atomic E-state index is 0.0247. The van der Waals surface area contributed by atoms with Gasteiger partial charge in [0.05, 0.1) is 18.8 Å². The Morgan fingerprint density at radius 2 is 1.62 bits per heavy atom. The fourth-order valence-corrected chi connectivity index (χ4v) is 3.84. The van der Waals surface area contributed by atoms with Crippen molar-refractivity contribution in [2.45, 2.75) is 58.5 Å². The molecule has 2 atom stereocenters. The van der Waals surface area contributed by atoms with Crippen LogP contribution in [0, 0.1) is 11.8 Å². The summed E-state index contributed by atoms with van der Waals surface area (Å²) in [5.41, 5.74) is 0.203. The predicted octanol–water partition coefficient (Wildman–Crippen LogP) is 3.69. The third kappa shape index (κ3) is 4.11. The van der Waals surface area contributed by atoms with Gasteiger partial charge in [0.2, 0.25) is 0 Å². The van der Waals surface area contributed by atoms with Crippen molar-refractivity contribution in [2.24, 2.45) is 11.8 Å². The van der Waals surface area contributed by atoms with Gasteiger partial charge in [-0.25, -0.2) is 9.69 Å². The summed E-state index contributed by atoms with van der Waals surface area (Å²) < 4.78 is 18.0. The maximum atomic E-state index is 12.4. The minimum atomic E-state index is -0.371. The Kier molecular flexibility index (Phi) is 6.00. The predicted molar refractivity (Wildman–Crippen MR) is 99.7 cm³/mol. The van der Waals surface area contributed by atoms with E-state index in [0.717, 1.165) is 12.8 Å². The van der Waals surface area contributed by atoms with Crippen LogP contribution in [0.2, 0.25) is 0 Å². The number of ether oxygens (including phenoxy) is 3. The van der Waals surface area contributed by atoms with Gasteiger partial charge >= 0.3 is 5.97 Å². The van der Waals surface area contributed by atoms with Gasteiger partial charge in [0.25, 0.3) is 0 Å². The van der Waals surface area contributed by atoms with Gasteiger partial charge in [-0.3, -0.25) is 0 Å². The second kappa shape index (κ2) is 8.07. The van der Waals surface area contributed by atoms with E-state index in [4.69, 9.17) is 14.2 Å². The molecule has 0 saturated carbocycles. The summed E-state index contributed by atoms with van der Waals surface area (Å²) in [7, 11) is 0. The highest BCUT2D eigenvalue weighted by atomic mass is 16.6. The zero-order chi connectivity index (χ0) is 18.7. The molecule has 2 unspecified atom stereocenters. The highest BCUT2D eigenvalue weighted by Crippen LogP contribution is 2.40. The van der Waals surface area contributed by atoms with Crippen molar-refractivity contribution >= 4 is 5.97 Å². The van der Waals surface area contributed by atoms with Crippen LogP contribution in [0.3, 0.4) is 0 Å². The lowest BCUT2D eigenvalue weighted by atomic mass is 10.00. The smallest absolute Gasteiger partial charge is 0.338 e. The summed E-state index contributed by atoms with van der Waals surface area (Å²) in [4.78, 5) is 14.7. The molecule has 0 bridgehead atoms. The molecule has 144 valence electrons. The third-order valence-electron chi connectivity index (χ3n) is 5.08. The second-order valence-corrected chi connectivity index (χ2v) is 8.36. The second-order valence-electron chi connectivity index (χ2n) is 8.36. The normalized spacial score (nSPS) is 28.7. The number of carbonyl (C=O) groups is 1. The first-order chi connectivity index (χ1) is 12.4. The topological polar surface area (TPSA) is 48.0 Å². The Labute approximate surface area is 156 Å². The van der Waals surface area contributed by atoms with E-state index < -0.39 is 0 Å². The van der Waals surface area contributed by atoms with Crippen molar-refractivity contribution in [3.63, 3.8) is 0 Å². The van der Waals surface area contributed by atoms with Crippen molar-refractivity contribution < 1.29 is 19.0 Å². The molecule has 1 aromatic carbocycles. The number of benzene rings is 1. The van der Waals surface area contributed by atoms with Crippen LogP contribution in [0.1, 0.15) is 50.9 Å². The van der Waals surface area contributed by atoms with Crippen LogP contribution in [0.15, 0.2) is 30.3 Å². The van der Waals surface area contributed by atoms with Gasteiger partial charge < -0.3 is 14.2 Å². The summed E-state index contributed by atoms with van der Waals surface area (Å²) in [5, 5.41) is 0. The number of carbonyl (C=O) groups excluding carboxylic acids is 1. The van der Waals surface area contributed by atoms with E-state index >= 15 is 0 Å². The molecule has 0 aromatic heterocycles. The van der Waals surface area contributed by atoms with Crippen LogP contribution in [0.5, 0.6) is 0 Å². The van der Waals surface area contributed by atoms with Crippen LogP contribution in [-0.4, -0.2) is 48.7 Å². The van der Waals surface area contributed by atoms with Crippen molar-refractivity contribution in [3.05, 3.63) is 35.9 Å². The van der Waals surface area contributed by atoms with Crippen molar-refractivity contribution in [2.75, 3.05) is 19.8 Å². The Morgan fingerprint density at radius 3 is 2.12 bits per heavy atom. The van der Waals surface area contributed by atoms with Crippen molar-refractivity contribution in [3.8, 4) is 0 Å².